The van der Waals surface area contributed by atoms with Crippen molar-refractivity contribution in [2.75, 3.05) is 6.54 Å². The SMILES string of the molecule is O=C(CC(NC(=O)c1ccccc1)c1ccccc1)NCCc1ccccn1. The van der Waals surface area contributed by atoms with Gasteiger partial charge in [0.25, 0.3) is 5.91 Å². The minimum absolute atomic E-state index is 0.113. The number of carbonyl (C=O) groups excluding carboxylic acids is 2. The van der Waals surface area contributed by atoms with Gasteiger partial charge in [-0.2, -0.15) is 0 Å². The summed E-state index contributed by atoms with van der Waals surface area (Å²) in [5, 5.41) is 5.89. The molecule has 3 rings (SSSR count). The minimum Gasteiger partial charge on any atom is -0.356 e. The molecule has 0 bridgehead atoms. The van der Waals surface area contributed by atoms with E-state index in [-0.39, 0.29) is 18.2 Å². The Morgan fingerprint density at radius 2 is 1.54 bits per heavy atom. The standard InChI is InChI=1S/C23H23N3O2/c27-22(25-16-14-20-13-7-8-15-24-20)17-21(18-9-3-1-4-10-18)26-23(28)19-11-5-2-6-12-19/h1-13,15,21H,14,16-17H2,(H,25,27)(H,26,28). The zero-order chi connectivity index (χ0) is 19.6. The molecule has 1 unspecified atom stereocenters. The number of amides is 2. The van der Waals surface area contributed by atoms with Crippen LogP contribution in [0.5, 0.6) is 0 Å². The van der Waals surface area contributed by atoms with E-state index in [0.717, 1.165) is 11.3 Å². The van der Waals surface area contributed by atoms with Crippen LogP contribution in [0.4, 0.5) is 0 Å². The fourth-order valence-corrected chi connectivity index (χ4v) is 2.90. The van der Waals surface area contributed by atoms with Gasteiger partial charge in [0.15, 0.2) is 0 Å². The van der Waals surface area contributed by atoms with E-state index in [9.17, 15) is 9.59 Å². The number of hydrogen-bond donors (Lipinski definition) is 2. The molecule has 28 heavy (non-hydrogen) atoms. The first-order chi connectivity index (χ1) is 13.7. The van der Waals surface area contributed by atoms with Crippen LogP contribution in [0.25, 0.3) is 0 Å². The van der Waals surface area contributed by atoms with Gasteiger partial charge in [0.2, 0.25) is 5.91 Å². The molecule has 0 aliphatic rings. The van der Waals surface area contributed by atoms with Crippen molar-refractivity contribution < 1.29 is 9.59 Å². The summed E-state index contributed by atoms with van der Waals surface area (Å²) in [6, 6.07) is 23.9. The highest BCUT2D eigenvalue weighted by Crippen LogP contribution is 2.17. The number of carbonyl (C=O) groups is 2. The number of nitrogens with zero attached hydrogens (tertiary/aromatic N) is 1. The molecule has 5 heteroatoms. The highest BCUT2D eigenvalue weighted by atomic mass is 16.2. The van der Waals surface area contributed by atoms with Crippen LogP contribution in [0, 0.1) is 0 Å². The van der Waals surface area contributed by atoms with Crippen LogP contribution in [0.1, 0.15) is 34.1 Å². The van der Waals surface area contributed by atoms with Crippen LogP contribution in [0.3, 0.4) is 0 Å². The second-order valence-electron chi connectivity index (χ2n) is 6.43. The first kappa shape index (κ1) is 19.3. The van der Waals surface area contributed by atoms with Crippen LogP contribution in [-0.4, -0.2) is 23.3 Å². The lowest BCUT2D eigenvalue weighted by molar-refractivity contribution is -0.121. The van der Waals surface area contributed by atoms with Crippen molar-refractivity contribution in [2.45, 2.75) is 18.9 Å². The molecule has 0 saturated carbocycles. The highest BCUT2D eigenvalue weighted by Gasteiger charge is 2.19. The summed E-state index contributed by atoms with van der Waals surface area (Å²) in [7, 11) is 0. The molecule has 2 aromatic carbocycles. The molecule has 0 radical (unpaired) electrons. The molecule has 0 saturated heterocycles. The lowest BCUT2D eigenvalue weighted by Gasteiger charge is -2.19. The summed E-state index contributed by atoms with van der Waals surface area (Å²) in [6.45, 7) is 0.504. The van der Waals surface area contributed by atoms with Gasteiger partial charge in [-0.05, 0) is 29.8 Å². The Morgan fingerprint density at radius 3 is 2.21 bits per heavy atom. The monoisotopic (exact) mass is 373 g/mol. The lowest BCUT2D eigenvalue weighted by atomic mass is 10.0. The Labute approximate surface area is 164 Å². The van der Waals surface area contributed by atoms with E-state index >= 15 is 0 Å². The van der Waals surface area contributed by atoms with E-state index in [2.05, 4.69) is 15.6 Å². The second kappa shape index (κ2) is 10.0. The first-order valence-electron chi connectivity index (χ1n) is 9.30. The number of hydrogen-bond acceptors (Lipinski definition) is 3. The van der Waals surface area contributed by atoms with Crippen LogP contribution >= 0.6 is 0 Å². The zero-order valence-electron chi connectivity index (χ0n) is 15.5. The van der Waals surface area contributed by atoms with E-state index in [0.29, 0.717) is 18.5 Å². The van der Waals surface area contributed by atoms with Gasteiger partial charge in [0.1, 0.15) is 0 Å². The number of aromatic nitrogens is 1. The largest absolute Gasteiger partial charge is 0.356 e. The maximum atomic E-state index is 12.6. The van der Waals surface area contributed by atoms with Gasteiger partial charge in [-0.25, -0.2) is 0 Å². The number of nitrogens with one attached hydrogen (secondary N) is 2. The van der Waals surface area contributed by atoms with Crippen molar-refractivity contribution in [3.05, 3.63) is 102 Å². The summed E-state index contributed by atoms with van der Waals surface area (Å²) >= 11 is 0. The Bertz CT molecular complexity index is 883. The van der Waals surface area contributed by atoms with Crippen molar-refractivity contribution in [3.63, 3.8) is 0 Å². The fraction of sp³-hybridized carbons (Fsp3) is 0.174. The van der Waals surface area contributed by atoms with Crippen molar-refractivity contribution in [3.8, 4) is 0 Å². The highest BCUT2D eigenvalue weighted by molar-refractivity contribution is 5.94. The molecule has 1 aromatic heterocycles. The van der Waals surface area contributed by atoms with Gasteiger partial charge >= 0.3 is 0 Å². The Balaban J connectivity index is 1.60. The summed E-state index contributed by atoms with van der Waals surface area (Å²) in [4.78, 5) is 29.3. The third kappa shape index (κ3) is 5.77. The predicted molar refractivity (Wildman–Crippen MR) is 109 cm³/mol. The smallest absolute Gasteiger partial charge is 0.251 e. The van der Waals surface area contributed by atoms with E-state index < -0.39 is 6.04 Å². The molecule has 0 aliphatic heterocycles. The Hall–Kier alpha value is -3.47. The average molecular weight is 373 g/mol. The maximum Gasteiger partial charge on any atom is 0.251 e. The Morgan fingerprint density at radius 1 is 0.857 bits per heavy atom. The quantitative estimate of drug-likeness (QED) is 0.636. The van der Waals surface area contributed by atoms with E-state index in [1.807, 2.05) is 66.7 Å². The average Bonchev–Trinajstić information content (AvgIpc) is 2.75. The Kier molecular flexibility index (Phi) is 6.90. The third-order valence-electron chi connectivity index (χ3n) is 4.36. The molecule has 3 aromatic rings. The summed E-state index contributed by atoms with van der Waals surface area (Å²) in [5.41, 5.74) is 2.39. The molecule has 1 atom stereocenters. The first-order valence-corrected chi connectivity index (χ1v) is 9.30. The van der Waals surface area contributed by atoms with Crippen molar-refractivity contribution in [2.24, 2.45) is 0 Å². The minimum atomic E-state index is -0.399. The summed E-state index contributed by atoms with van der Waals surface area (Å²) < 4.78 is 0. The summed E-state index contributed by atoms with van der Waals surface area (Å²) in [6.07, 6.45) is 2.57. The van der Waals surface area contributed by atoms with E-state index in [4.69, 9.17) is 0 Å². The van der Waals surface area contributed by atoms with Crippen LogP contribution < -0.4 is 10.6 Å². The van der Waals surface area contributed by atoms with Gasteiger partial charge in [-0.1, -0.05) is 54.6 Å². The van der Waals surface area contributed by atoms with E-state index in [1.165, 1.54) is 0 Å². The lowest BCUT2D eigenvalue weighted by Crippen LogP contribution is -2.34. The van der Waals surface area contributed by atoms with Gasteiger partial charge in [-0.15, -0.1) is 0 Å². The molecule has 2 amide bonds. The van der Waals surface area contributed by atoms with Gasteiger partial charge in [0, 0.05) is 30.4 Å². The third-order valence-corrected chi connectivity index (χ3v) is 4.36. The van der Waals surface area contributed by atoms with Crippen LogP contribution in [-0.2, 0) is 11.2 Å². The van der Waals surface area contributed by atoms with Crippen LogP contribution in [0.2, 0.25) is 0 Å². The second-order valence-corrected chi connectivity index (χ2v) is 6.43. The number of rotatable bonds is 8. The fourth-order valence-electron chi connectivity index (χ4n) is 2.90. The molecule has 5 nitrogen and oxygen atoms in total. The molecule has 2 N–H and O–H groups in total. The van der Waals surface area contributed by atoms with Crippen molar-refractivity contribution in [1.82, 2.24) is 15.6 Å². The van der Waals surface area contributed by atoms with Gasteiger partial charge < -0.3 is 10.6 Å². The molecule has 0 fully saturated rings. The maximum absolute atomic E-state index is 12.6. The normalized spacial score (nSPS) is 11.4. The predicted octanol–water partition coefficient (Wildman–Crippen LogP) is 3.30. The molecular formula is C23H23N3O2. The van der Waals surface area contributed by atoms with E-state index in [1.54, 1.807) is 18.3 Å². The number of pyridine rings is 1. The molecule has 142 valence electrons. The molecule has 0 aliphatic carbocycles. The number of benzene rings is 2. The topological polar surface area (TPSA) is 71.1 Å². The molecule has 1 heterocycles. The molecular weight excluding hydrogens is 350 g/mol. The van der Waals surface area contributed by atoms with Crippen molar-refractivity contribution >= 4 is 11.8 Å². The van der Waals surface area contributed by atoms with Crippen molar-refractivity contribution in [1.29, 1.82) is 0 Å². The van der Waals surface area contributed by atoms with Crippen LogP contribution in [0.15, 0.2) is 85.1 Å². The van der Waals surface area contributed by atoms with Gasteiger partial charge in [0.05, 0.1) is 12.5 Å². The molecule has 0 spiro atoms. The summed E-state index contributed by atoms with van der Waals surface area (Å²) in [5.74, 6) is -0.311. The van der Waals surface area contributed by atoms with Gasteiger partial charge in [-0.3, -0.25) is 14.6 Å². The zero-order valence-corrected chi connectivity index (χ0v) is 15.5.